The quantitative estimate of drug-likeness (QED) is 0.665. The fraction of sp³-hybridized carbons (Fsp3) is 0.182. The van der Waals surface area contributed by atoms with Crippen molar-refractivity contribution in [3.8, 4) is 0 Å². The SMILES string of the molecule is Cc1nnc(Sc2c(F)cc(C(=N)N)cc2F)n1C. The molecule has 1 heterocycles. The Kier molecular flexibility index (Phi) is 3.52. The third-order valence-electron chi connectivity index (χ3n) is 2.56. The summed E-state index contributed by atoms with van der Waals surface area (Å²) in [5, 5.41) is 15.2. The highest BCUT2D eigenvalue weighted by Crippen LogP contribution is 2.31. The lowest BCUT2D eigenvalue weighted by Gasteiger charge is -2.06. The first-order valence-electron chi connectivity index (χ1n) is 5.27. The first-order valence-corrected chi connectivity index (χ1v) is 6.09. The third-order valence-corrected chi connectivity index (χ3v) is 3.69. The number of nitrogens with two attached hydrogens (primary N) is 1. The second-order valence-corrected chi connectivity index (χ2v) is 4.85. The van der Waals surface area contributed by atoms with Crippen LogP contribution in [-0.4, -0.2) is 20.6 Å². The van der Waals surface area contributed by atoms with E-state index in [9.17, 15) is 8.78 Å². The minimum atomic E-state index is -0.782. The van der Waals surface area contributed by atoms with Crippen molar-refractivity contribution >= 4 is 17.6 Å². The van der Waals surface area contributed by atoms with E-state index < -0.39 is 11.6 Å². The Balaban J connectivity index is 2.41. The van der Waals surface area contributed by atoms with Crippen molar-refractivity contribution < 1.29 is 8.78 Å². The molecule has 1 aromatic carbocycles. The number of hydrogen-bond acceptors (Lipinski definition) is 4. The Morgan fingerprint density at radius 2 is 1.89 bits per heavy atom. The van der Waals surface area contributed by atoms with E-state index >= 15 is 0 Å². The van der Waals surface area contributed by atoms with E-state index in [4.69, 9.17) is 11.1 Å². The predicted octanol–water partition coefficient (Wildman–Crippen LogP) is 1.84. The van der Waals surface area contributed by atoms with Gasteiger partial charge in [0.1, 0.15) is 23.3 Å². The third kappa shape index (κ3) is 2.58. The number of hydrogen-bond donors (Lipinski definition) is 2. The molecule has 0 saturated heterocycles. The van der Waals surface area contributed by atoms with Crippen LogP contribution in [0.3, 0.4) is 0 Å². The Labute approximate surface area is 112 Å². The second-order valence-electron chi connectivity index (χ2n) is 3.87. The smallest absolute Gasteiger partial charge is 0.195 e. The average molecular weight is 283 g/mol. The van der Waals surface area contributed by atoms with Crippen molar-refractivity contribution in [2.75, 3.05) is 0 Å². The Hall–Kier alpha value is -1.96. The van der Waals surface area contributed by atoms with Gasteiger partial charge >= 0.3 is 0 Å². The van der Waals surface area contributed by atoms with Gasteiger partial charge in [-0.1, -0.05) is 0 Å². The van der Waals surface area contributed by atoms with E-state index in [0.717, 1.165) is 23.9 Å². The number of benzene rings is 1. The van der Waals surface area contributed by atoms with Gasteiger partial charge in [-0.3, -0.25) is 5.41 Å². The standard InChI is InChI=1S/C11H11F2N5S/c1-5-16-17-11(18(5)2)19-9-7(12)3-6(10(14)15)4-8(9)13/h3-4H,1-2H3,(H3,14,15). The number of rotatable bonds is 3. The van der Waals surface area contributed by atoms with Crippen molar-refractivity contribution in [1.82, 2.24) is 14.8 Å². The van der Waals surface area contributed by atoms with Crippen molar-refractivity contribution in [2.45, 2.75) is 17.0 Å². The molecule has 2 aromatic rings. The molecule has 0 aliphatic heterocycles. The zero-order chi connectivity index (χ0) is 14.2. The summed E-state index contributed by atoms with van der Waals surface area (Å²) in [6.45, 7) is 1.74. The lowest BCUT2D eigenvalue weighted by atomic mass is 10.2. The van der Waals surface area contributed by atoms with Crippen LogP contribution in [-0.2, 0) is 7.05 Å². The van der Waals surface area contributed by atoms with Crippen LogP contribution in [0.2, 0.25) is 0 Å². The number of nitrogen functional groups attached to an aromatic ring is 1. The van der Waals surface area contributed by atoms with Crippen molar-refractivity contribution in [3.05, 3.63) is 35.2 Å². The summed E-state index contributed by atoms with van der Waals surface area (Å²) in [5.41, 5.74) is 5.21. The Morgan fingerprint density at radius 3 is 2.32 bits per heavy atom. The van der Waals surface area contributed by atoms with E-state index in [1.165, 1.54) is 0 Å². The predicted molar refractivity (Wildman–Crippen MR) is 67.2 cm³/mol. The van der Waals surface area contributed by atoms with Gasteiger partial charge in [0.15, 0.2) is 5.16 Å². The van der Waals surface area contributed by atoms with Crippen LogP contribution in [0.1, 0.15) is 11.4 Å². The molecule has 0 aliphatic carbocycles. The average Bonchev–Trinajstić information content (AvgIpc) is 2.65. The topological polar surface area (TPSA) is 80.6 Å². The van der Waals surface area contributed by atoms with Crippen LogP contribution >= 0.6 is 11.8 Å². The monoisotopic (exact) mass is 283 g/mol. The van der Waals surface area contributed by atoms with Gasteiger partial charge in [-0.05, 0) is 30.8 Å². The van der Waals surface area contributed by atoms with E-state index in [-0.39, 0.29) is 16.3 Å². The van der Waals surface area contributed by atoms with Gasteiger partial charge in [0.25, 0.3) is 0 Å². The largest absolute Gasteiger partial charge is 0.384 e. The van der Waals surface area contributed by atoms with Crippen molar-refractivity contribution in [3.63, 3.8) is 0 Å². The Bertz CT molecular complexity index is 630. The zero-order valence-corrected chi connectivity index (χ0v) is 11.1. The molecule has 0 spiro atoms. The van der Waals surface area contributed by atoms with E-state index in [1.807, 2.05) is 0 Å². The summed E-state index contributed by atoms with van der Waals surface area (Å²) in [5.74, 6) is -1.31. The van der Waals surface area contributed by atoms with Gasteiger partial charge in [0.2, 0.25) is 0 Å². The molecular formula is C11H11F2N5S. The molecule has 1 aromatic heterocycles. The van der Waals surface area contributed by atoms with Crippen molar-refractivity contribution in [2.24, 2.45) is 12.8 Å². The summed E-state index contributed by atoms with van der Waals surface area (Å²) in [6, 6.07) is 2.05. The number of amidine groups is 1. The highest BCUT2D eigenvalue weighted by atomic mass is 32.2. The summed E-state index contributed by atoms with van der Waals surface area (Å²) >= 11 is 0.837. The number of aryl methyl sites for hydroxylation is 1. The highest BCUT2D eigenvalue weighted by Gasteiger charge is 2.17. The summed E-state index contributed by atoms with van der Waals surface area (Å²) in [6.07, 6.45) is 0. The zero-order valence-electron chi connectivity index (χ0n) is 10.2. The summed E-state index contributed by atoms with van der Waals surface area (Å²) in [4.78, 5) is -0.194. The fourth-order valence-electron chi connectivity index (χ4n) is 1.38. The van der Waals surface area contributed by atoms with Crippen LogP contribution in [0, 0.1) is 24.0 Å². The molecule has 0 bridgehead atoms. The van der Waals surface area contributed by atoms with Crippen LogP contribution in [0.5, 0.6) is 0 Å². The lowest BCUT2D eigenvalue weighted by molar-refractivity contribution is 0.539. The van der Waals surface area contributed by atoms with Gasteiger partial charge in [-0.25, -0.2) is 8.78 Å². The van der Waals surface area contributed by atoms with E-state index in [0.29, 0.717) is 11.0 Å². The molecule has 0 radical (unpaired) electrons. The minimum absolute atomic E-state index is 0.00787. The maximum atomic E-state index is 13.8. The molecule has 19 heavy (non-hydrogen) atoms. The fourth-order valence-corrected chi connectivity index (χ4v) is 2.23. The molecule has 0 amide bonds. The van der Waals surface area contributed by atoms with Crippen LogP contribution in [0.25, 0.3) is 0 Å². The normalized spacial score (nSPS) is 10.7. The number of nitrogens with zero attached hydrogens (tertiary/aromatic N) is 3. The molecule has 0 unspecified atom stereocenters. The maximum absolute atomic E-state index is 13.8. The van der Waals surface area contributed by atoms with Crippen LogP contribution in [0.4, 0.5) is 8.78 Å². The molecule has 0 fully saturated rings. The lowest BCUT2D eigenvalue weighted by Crippen LogP contribution is -2.12. The van der Waals surface area contributed by atoms with Gasteiger partial charge < -0.3 is 10.3 Å². The van der Waals surface area contributed by atoms with Gasteiger partial charge in [0.05, 0.1) is 4.90 Å². The van der Waals surface area contributed by atoms with E-state index in [2.05, 4.69) is 10.2 Å². The molecule has 2 rings (SSSR count). The molecule has 0 saturated carbocycles. The minimum Gasteiger partial charge on any atom is -0.384 e. The first kappa shape index (κ1) is 13.5. The van der Waals surface area contributed by atoms with E-state index in [1.54, 1.807) is 18.5 Å². The van der Waals surface area contributed by atoms with Gasteiger partial charge in [-0.2, -0.15) is 0 Å². The first-order chi connectivity index (χ1) is 8.90. The molecule has 0 aliphatic rings. The van der Waals surface area contributed by atoms with Gasteiger partial charge in [-0.15, -0.1) is 10.2 Å². The summed E-state index contributed by atoms with van der Waals surface area (Å²) < 4.78 is 29.3. The molecule has 3 N–H and O–H groups in total. The molecule has 8 heteroatoms. The molecule has 0 atom stereocenters. The van der Waals surface area contributed by atoms with Crippen LogP contribution in [0.15, 0.2) is 22.2 Å². The molecular weight excluding hydrogens is 272 g/mol. The summed E-state index contributed by atoms with van der Waals surface area (Å²) in [7, 11) is 1.71. The van der Waals surface area contributed by atoms with Crippen LogP contribution < -0.4 is 5.73 Å². The Morgan fingerprint density at radius 1 is 1.32 bits per heavy atom. The van der Waals surface area contributed by atoms with Crippen molar-refractivity contribution in [1.29, 1.82) is 5.41 Å². The number of halogens is 2. The number of aromatic nitrogens is 3. The second kappa shape index (κ2) is 4.96. The van der Waals surface area contributed by atoms with Gasteiger partial charge in [0, 0.05) is 12.6 Å². The maximum Gasteiger partial charge on any atom is 0.195 e. The number of nitrogens with one attached hydrogen (secondary N) is 1. The molecule has 5 nitrogen and oxygen atoms in total. The highest BCUT2D eigenvalue weighted by molar-refractivity contribution is 7.99. The molecule has 100 valence electrons.